The molecule has 2 fully saturated rings. The molecule has 3 aliphatic rings. The second-order valence-corrected chi connectivity index (χ2v) is 10.8. The van der Waals surface area contributed by atoms with Gasteiger partial charge in [-0.1, -0.05) is 42.5 Å². The summed E-state index contributed by atoms with van der Waals surface area (Å²) in [5.74, 6) is 0.887. The van der Waals surface area contributed by atoms with Crippen LogP contribution in [-0.2, 0) is 9.47 Å². The molecule has 1 aromatic heterocycles. The third-order valence-electron chi connectivity index (χ3n) is 8.29. The minimum absolute atomic E-state index is 0.0701. The van der Waals surface area contributed by atoms with Crippen molar-refractivity contribution in [3.8, 4) is 0 Å². The van der Waals surface area contributed by atoms with E-state index in [2.05, 4.69) is 101 Å². The fourth-order valence-corrected chi connectivity index (χ4v) is 6.02. The summed E-state index contributed by atoms with van der Waals surface area (Å²) in [5.41, 5.74) is 8.18. The predicted molar refractivity (Wildman–Crippen MR) is 162 cm³/mol. The van der Waals surface area contributed by atoms with Crippen LogP contribution in [0.25, 0.3) is 10.9 Å². The number of anilines is 3. The number of hydrogen-bond acceptors (Lipinski definition) is 7. The number of benzene rings is 3. The highest BCUT2D eigenvalue weighted by Gasteiger charge is 2.31. The third kappa shape index (κ3) is 4.91. The first-order valence-electron chi connectivity index (χ1n) is 14.3. The number of rotatable bonds is 5. The molecule has 0 bridgehead atoms. The van der Waals surface area contributed by atoms with Gasteiger partial charge in [0.25, 0.3) is 0 Å². The summed E-state index contributed by atoms with van der Waals surface area (Å²) in [7, 11) is 0. The molecule has 3 aliphatic heterocycles. The van der Waals surface area contributed by atoms with Crippen LogP contribution in [0.5, 0.6) is 0 Å². The highest BCUT2D eigenvalue weighted by atomic mass is 16.5. The predicted octanol–water partition coefficient (Wildman–Crippen LogP) is 5.57. The Morgan fingerprint density at radius 1 is 0.725 bits per heavy atom. The molecule has 7 nitrogen and oxygen atoms in total. The van der Waals surface area contributed by atoms with Gasteiger partial charge >= 0.3 is 0 Å². The van der Waals surface area contributed by atoms with Crippen molar-refractivity contribution in [1.82, 2.24) is 4.98 Å². The molecule has 7 rings (SSSR count). The van der Waals surface area contributed by atoms with Gasteiger partial charge in [0, 0.05) is 49.4 Å². The van der Waals surface area contributed by atoms with Crippen molar-refractivity contribution in [2.75, 3.05) is 67.4 Å². The molecule has 0 aliphatic carbocycles. The van der Waals surface area contributed by atoms with Crippen LogP contribution in [0.4, 0.5) is 17.2 Å². The van der Waals surface area contributed by atoms with Gasteiger partial charge in [0.15, 0.2) is 0 Å². The molecule has 0 N–H and O–H groups in total. The summed E-state index contributed by atoms with van der Waals surface area (Å²) < 4.78 is 11.1. The summed E-state index contributed by atoms with van der Waals surface area (Å²) in [6.07, 6.45) is 0.821. The molecule has 1 atom stereocenters. The molecular weight excluding hydrogens is 498 g/mol. The lowest BCUT2D eigenvalue weighted by molar-refractivity contribution is 0.122. The van der Waals surface area contributed by atoms with Crippen LogP contribution in [-0.4, -0.2) is 63.3 Å². The van der Waals surface area contributed by atoms with E-state index in [1.165, 1.54) is 27.9 Å². The highest BCUT2D eigenvalue weighted by Crippen LogP contribution is 2.38. The van der Waals surface area contributed by atoms with E-state index in [4.69, 9.17) is 19.6 Å². The first kappa shape index (κ1) is 25.1. The first-order valence-corrected chi connectivity index (χ1v) is 14.3. The monoisotopic (exact) mass is 533 g/mol. The number of morpholine rings is 2. The van der Waals surface area contributed by atoms with Crippen molar-refractivity contribution in [3.63, 3.8) is 0 Å². The molecule has 0 spiro atoms. The van der Waals surface area contributed by atoms with E-state index >= 15 is 0 Å². The number of aryl methyl sites for hydroxylation is 1. The zero-order chi connectivity index (χ0) is 26.9. The Kier molecular flexibility index (Phi) is 6.83. The zero-order valence-electron chi connectivity index (χ0n) is 23.0. The van der Waals surface area contributed by atoms with Crippen molar-refractivity contribution in [2.45, 2.75) is 19.4 Å². The smallest absolute Gasteiger partial charge is 0.150 e. The van der Waals surface area contributed by atoms with E-state index < -0.39 is 0 Å². The first-order chi connectivity index (χ1) is 19.7. The van der Waals surface area contributed by atoms with Crippen LogP contribution >= 0.6 is 0 Å². The Bertz CT molecular complexity index is 1510. The Hall–Kier alpha value is -3.94. The van der Waals surface area contributed by atoms with Gasteiger partial charge in [-0.3, -0.25) is 0 Å². The van der Waals surface area contributed by atoms with E-state index in [1.807, 2.05) is 0 Å². The molecule has 2 saturated heterocycles. The number of ether oxygens (including phenoxy) is 2. The van der Waals surface area contributed by atoms with Crippen LogP contribution in [0, 0.1) is 6.92 Å². The molecule has 1 unspecified atom stereocenters. The van der Waals surface area contributed by atoms with Crippen LogP contribution in [0.15, 0.2) is 84.0 Å². The number of hydrogen-bond donors (Lipinski definition) is 0. The van der Waals surface area contributed by atoms with Gasteiger partial charge in [-0.15, -0.1) is 0 Å². The van der Waals surface area contributed by atoms with Gasteiger partial charge in [0.1, 0.15) is 5.82 Å². The van der Waals surface area contributed by atoms with Crippen LogP contribution in [0.3, 0.4) is 0 Å². The summed E-state index contributed by atoms with van der Waals surface area (Å²) in [6, 6.07) is 28.5. The van der Waals surface area contributed by atoms with Crippen LogP contribution in [0.2, 0.25) is 0 Å². The van der Waals surface area contributed by atoms with Crippen molar-refractivity contribution >= 4 is 33.8 Å². The largest absolute Gasteiger partial charge is 0.378 e. The van der Waals surface area contributed by atoms with Gasteiger partial charge in [-0.2, -0.15) is 5.10 Å². The summed E-state index contributed by atoms with van der Waals surface area (Å²) in [4.78, 5) is 9.85. The van der Waals surface area contributed by atoms with Gasteiger partial charge < -0.3 is 19.3 Å². The lowest BCUT2D eigenvalue weighted by Crippen LogP contribution is -2.36. The Labute approximate surface area is 235 Å². The molecule has 0 saturated carbocycles. The molecule has 40 heavy (non-hydrogen) atoms. The van der Waals surface area contributed by atoms with Crippen LogP contribution < -0.4 is 14.8 Å². The minimum atomic E-state index is 0.0701. The highest BCUT2D eigenvalue weighted by molar-refractivity contribution is 6.03. The minimum Gasteiger partial charge on any atom is -0.378 e. The summed E-state index contributed by atoms with van der Waals surface area (Å²) in [6.45, 7) is 9.03. The van der Waals surface area contributed by atoms with E-state index in [0.717, 1.165) is 81.6 Å². The SMILES string of the molecule is Cc1cc(N2N=C(c3ccc(N4CCOCC4)cc3)CC2c2ccc(N3CCOCC3)cc2)nc2ccccc12. The number of pyridine rings is 1. The topological polar surface area (TPSA) is 53.4 Å². The Balaban J connectivity index is 1.22. The van der Waals surface area contributed by atoms with E-state index in [1.54, 1.807) is 0 Å². The maximum atomic E-state index is 5.55. The maximum Gasteiger partial charge on any atom is 0.150 e. The molecule has 7 heteroatoms. The Morgan fingerprint density at radius 2 is 1.32 bits per heavy atom. The number of fused-ring (bicyclic) bond motifs is 1. The van der Waals surface area contributed by atoms with E-state index in [-0.39, 0.29) is 6.04 Å². The quantitative estimate of drug-likeness (QED) is 0.334. The molecular formula is C33H35N5O2. The van der Waals surface area contributed by atoms with E-state index in [0.29, 0.717) is 0 Å². The number of nitrogens with zero attached hydrogens (tertiary/aromatic N) is 5. The standard InChI is InChI=1S/C33H35N5O2/c1-24-22-33(34-30-5-3-2-4-29(24)30)38-32(26-8-12-28(13-9-26)37-16-20-40-21-17-37)23-31(35-38)25-6-10-27(11-7-25)36-14-18-39-19-15-36/h2-13,22,32H,14-21,23H2,1H3. The molecule has 4 heterocycles. The maximum absolute atomic E-state index is 5.55. The molecule has 3 aromatic carbocycles. The summed E-state index contributed by atoms with van der Waals surface area (Å²) in [5, 5.41) is 8.53. The second-order valence-electron chi connectivity index (χ2n) is 10.8. The van der Waals surface area contributed by atoms with E-state index in [9.17, 15) is 0 Å². The number of para-hydroxylation sites is 1. The lowest BCUT2D eigenvalue weighted by atomic mass is 9.97. The summed E-state index contributed by atoms with van der Waals surface area (Å²) >= 11 is 0. The normalized spacial score (nSPS) is 19.8. The number of hydrazone groups is 1. The van der Waals surface area contributed by atoms with Crippen molar-refractivity contribution in [1.29, 1.82) is 0 Å². The lowest BCUT2D eigenvalue weighted by Gasteiger charge is -2.29. The zero-order valence-corrected chi connectivity index (χ0v) is 23.0. The molecule has 0 radical (unpaired) electrons. The Morgan fingerprint density at radius 3 is 1.98 bits per heavy atom. The molecule has 4 aromatic rings. The van der Waals surface area contributed by atoms with Crippen LogP contribution in [0.1, 0.15) is 29.2 Å². The fraction of sp³-hybridized carbons (Fsp3) is 0.333. The van der Waals surface area contributed by atoms with Crippen molar-refractivity contribution < 1.29 is 9.47 Å². The van der Waals surface area contributed by atoms with Crippen molar-refractivity contribution in [3.05, 3.63) is 95.6 Å². The fourth-order valence-electron chi connectivity index (χ4n) is 6.02. The molecule has 204 valence electrons. The van der Waals surface area contributed by atoms with Gasteiger partial charge in [0.05, 0.1) is 43.7 Å². The molecule has 0 amide bonds. The average molecular weight is 534 g/mol. The average Bonchev–Trinajstić information content (AvgIpc) is 3.48. The number of aromatic nitrogens is 1. The van der Waals surface area contributed by atoms with Gasteiger partial charge in [-0.05, 0) is 60.0 Å². The van der Waals surface area contributed by atoms with Gasteiger partial charge in [-0.25, -0.2) is 9.99 Å². The van der Waals surface area contributed by atoms with Crippen molar-refractivity contribution in [2.24, 2.45) is 5.10 Å². The second kappa shape index (κ2) is 10.9. The third-order valence-corrected chi connectivity index (χ3v) is 8.29. The van der Waals surface area contributed by atoms with Gasteiger partial charge in [0.2, 0.25) is 0 Å².